The Morgan fingerprint density at radius 1 is 1.40 bits per heavy atom. The van der Waals surface area contributed by atoms with Crippen LogP contribution >= 0.6 is 0 Å². The molecule has 0 aliphatic carbocycles. The second-order valence-electron chi connectivity index (χ2n) is 5.49. The van der Waals surface area contributed by atoms with Crippen LogP contribution in [-0.2, 0) is 4.79 Å². The standard InChI is InChI=1S/C15H17BN2O2/c1-10-8-11(2)17-14(10)9-13-7-6-12(18(13)16-17)4-3-5-15(19)20/h6-9,16H,3-5H2,1-2H3/p+1. The summed E-state index contributed by atoms with van der Waals surface area (Å²) < 4.78 is 4.59. The van der Waals surface area contributed by atoms with E-state index in [9.17, 15) is 4.79 Å². The Morgan fingerprint density at radius 3 is 2.95 bits per heavy atom. The molecule has 0 atom stereocenters. The summed E-state index contributed by atoms with van der Waals surface area (Å²) in [5, 5.41) is 8.73. The zero-order chi connectivity index (χ0) is 14.3. The van der Waals surface area contributed by atoms with E-state index >= 15 is 0 Å². The van der Waals surface area contributed by atoms with Gasteiger partial charge in [-0.15, -0.1) is 0 Å². The second-order valence-corrected chi connectivity index (χ2v) is 5.49. The van der Waals surface area contributed by atoms with Crippen LogP contribution < -0.4 is 0 Å². The number of hydrogen-bond donors (Lipinski definition) is 1. The summed E-state index contributed by atoms with van der Waals surface area (Å²) >= 11 is 0. The summed E-state index contributed by atoms with van der Waals surface area (Å²) in [6, 6.07) is 2.21. The van der Waals surface area contributed by atoms with Crippen molar-refractivity contribution < 1.29 is 14.4 Å². The fourth-order valence-corrected chi connectivity index (χ4v) is 2.99. The molecule has 3 rings (SSSR count). The molecule has 0 fully saturated rings. The Kier molecular flexibility index (Phi) is 3.12. The van der Waals surface area contributed by atoms with Crippen LogP contribution in [0.15, 0.2) is 23.9 Å². The zero-order valence-corrected chi connectivity index (χ0v) is 11.9. The second kappa shape index (κ2) is 4.82. The van der Waals surface area contributed by atoms with Crippen LogP contribution in [0, 0.1) is 13.8 Å². The number of allylic oxidation sites excluding steroid dienone is 2. The molecule has 1 aromatic rings. The van der Waals surface area contributed by atoms with E-state index in [-0.39, 0.29) is 6.42 Å². The first-order valence-corrected chi connectivity index (χ1v) is 6.98. The first-order chi connectivity index (χ1) is 9.56. The first kappa shape index (κ1) is 13.0. The number of carbonyl (C=O) groups is 1. The van der Waals surface area contributed by atoms with Gasteiger partial charge < -0.3 is 9.58 Å². The number of hydrogen-bond acceptors (Lipinski definition) is 1. The minimum atomic E-state index is -0.721. The lowest BCUT2D eigenvalue weighted by atomic mass is 10.0. The third-order valence-electron chi connectivity index (χ3n) is 4.04. The molecule has 0 aromatic carbocycles. The topological polar surface area (TPSA) is 45.2 Å². The Labute approximate surface area is 119 Å². The van der Waals surface area contributed by atoms with Gasteiger partial charge in [-0.3, -0.25) is 9.28 Å². The summed E-state index contributed by atoms with van der Waals surface area (Å²) in [6.07, 6.45) is 8.19. The van der Waals surface area contributed by atoms with Crippen LogP contribution in [-0.4, -0.2) is 33.3 Å². The smallest absolute Gasteiger partial charge is 0.481 e. The predicted molar refractivity (Wildman–Crippen MR) is 80.3 cm³/mol. The van der Waals surface area contributed by atoms with Crippen molar-refractivity contribution in [3.63, 3.8) is 0 Å². The van der Waals surface area contributed by atoms with Crippen molar-refractivity contribution in [2.24, 2.45) is 0 Å². The van der Waals surface area contributed by atoms with Gasteiger partial charge >= 0.3 is 13.5 Å². The van der Waals surface area contributed by atoms with E-state index in [4.69, 9.17) is 5.11 Å². The Bertz CT molecular complexity index is 680. The zero-order valence-electron chi connectivity index (χ0n) is 11.9. The lowest BCUT2D eigenvalue weighted by Gasteiger charge is -2.13. The number of aromatic nitrogens is 1. The maximum atomic E-state index is 10.6. The highest BCUT2D eigenvalue weighted by Crippen LogP contribution is 2.25. The van der Waals surface area contributed by atoms with Crippen molar-refractivity contribution >= 4 is 25.3 Å². The summed E-state index contributed by atoms with van der Waals surface area (Å²) in [4.78, 5) is 10.6. The van der Waals surface area contributed by atoms with Gasteiger partial charge in [-0.25, -0.2) is 0 Å². The molecule has 20 heavy (non-hydrogen) atoms. The predicted octanol–water partition coefficient (Wildman–Crippen LogP) is 1.85. The number of aliphatic carboxylic acids is 1. The van der Waals surface area contributed by atoms with Crippen molar-refractivity contribution in [2.45, 2.75) is 33.1 Å². The molecule has 0 unspecified atom stereocenters. The van der Waals surface area contributed by atoms with Crippen molar-refractivity contribution in [2.75, 3.05) is 0 Å². The number of carboxylic acids is 1. The van der Waals surface area contributed by atoms with Gasteiger partial charge in [0.2, 0.25) is 0 Å². The Hall–Kier alpha value is -2.04. The van der Waals surface area contributed by atoms with Gasteiger partial charge in [-0.1, -0.05) is 0 Å². The molecule has 2 aliphatic heterocycles. The minimum Gasteiger partial charge on any atom is -0.481 e. The molecule has 0 saturated carbocycles. The number of carboxylic acid groups (broad SMARTS) is 1. The highest BCUT2D eigenvalue weighted by atomic mass is 16.4. The van der Waals surface area contributed by atoms with Crippen molar-refractivity contribution in [3.05, 3.63) is 40.9 Å². The molecule has 1 N–H and O–H groups in total. The quantitative estimate of drug-likeness (QED) is 0.848. The van der Waals surface area contributed by atoms with Crippen LogP contribution in [0.4, 0.5) is 0 Å². The number of rotatable bonds is 4. The highest BCUT2D eigenvalue weighted by molar-refractivity contribution is 6.28. The van der Waals surface area contributed by atoms with Gasteiger partial charge in [0, 0.05) is 42.5 Å². The van der Waals surface area contributed by atoms with Crippen molar-refractivity contribution in [3.8, 4) is 0 Å². The molecule has 5 heteroatoms. The summed E-state index contributed by atoms with van der Waals surface area (Å²) in [7, 11) is 0.830. The Balaban J connectivity index is 1.87. The van der Waals surface area contributed by atoms with Gasteiger partial charge in [0.1, 0.15) is 0 Å². The SMILES string of the molecule is Cc1cc(C)n2c1C=C1C=CC(CCCC(=O)O)=[N+]1B2. The highest BCUT2D eigenvalue weighted by Gasteiger charge is 2.31. The van der Waals surface area contributed by atoms with Crippen LogP contribution in [0.25, 0.3) is 6.08 Å². The van der Waals surface area contributed by atoms with E-state index in [0.29, 0.717) is 6.42 Å². The lowest BCUT2D eigenvalue weighted by Crippen LogP contribution is -2.30. The lowest BCUT2D eigenvalue weighted by molar-refractivity contribution is -0.314. The van der Waals surface area contributed by atoms with E-state index in [0.717, 1.165) is 14.0 Å². The average Bonchev–Trinajstić information content (AvgIpc) is 2.90. The van der Waals surface area contributed by atoms with Gasteiger partial charge in [0.15, 0.2) is 11.4 Å². The normalized spacial score (nSPS) is 15.8. The molecular formula is C15H18BN2O2+. The number of aryl methyl sites for hydroxylation is 2. The molecule has 0 bridgehead atoms. The molecule has 3 heterocycles. The third kappa shape index (κ3) is 2.13. The van der Waals surface area contributed by atoms with E-state index in [2.05, 4.69) is 47.1 Å². The van der Waals surface area contributed by atoms with Crippen LogP contribution in [0.2, 0.25) is 0 Å². The number of nitrogens with zero attached hydrogens (tertiary/aromatic N) is 2. The van der Waals surface area contributed by atoms with E-state index in [1.54, 1.807) is 0 Å². The molecular weight excluding hydrogens is 251 g/mol. The average molecular weight is 269 g/mol. The van der Waals surface area contributed by atoms with Crippen LogP contribution in [0.1, 0.15) is 36.2 Å². The number of fused-ring (bicyclic) bond motifs is 2. The molecule has 0 amide bonds. The largest absolute Gasteiger partial charge is 0.604 e. The maximum absolute atomic E-state index is 10.6. The summed E-state index contributed by atoms with van der Waals surface area (Å²) in [5.74, 6) is -0.721. The van der Waals surface area contributed by atoms with Gasteiger partial charge in [-0.05, 0) is 31.9 Å². The fourth-order valence-electron chi connectivity index (χ4n) is 2.99. The van der Waals surface area contributed by atoms with Crippen molar-refractivity contribution in [1.82, 2.24) is 4.48 Å². The van der Waals surface area contributed by atoms with Crippen LogP contribution in [0.3, 0.4) is 0 Å². The Morgan fingerprint density at radius 2 is 2.20 bits per heavy atom. The van der Waals surface area contributed by atoms with E-state index < -0.39 is 5.97 Å². The molecule has 0 spiro atoms. The van der Waals surface area contributed by atoms with E-state index in [1.165, 1.54) is 28.4 Å². The monoisotopic (exact) mass is 269 g/mol. The third-order valence-corrected chi connectivity index (χ3v) is 4.04. The van der Waals surface area contributed by atoms with Gasteiger partial charge in [-0.2, -0.15) is 0 Å². The van der Waals surface area contributed by atoms with Crippen LogP contribution in [0.5, 0.6) is 0 Å². The van der Waals surface area contributed by atoms with Gasteiger partial charge in [0.05, 0.1) is 0 Å². The van der Waals surface area contributed by atoms with Gasteiger partial charge in [0.25, 0.3) is 0 Å². The van der Waals surface area contributed by atoms with E-state index in [1.807, 2.05) is 0 Å². The maximum Gasteiger partial charge on any atom is 0.604 e. The first-order valence-electron chi connectivity index (χ1n) is 6.98. The molecule has 1 aromatic heterocycles. The molecule has 2 aliphatic rings. The minimum absolute atomic E-state index is 0.233. The summed E-state index contributed by atoms with van der Waals surface area (Å²) in [5.41, 5.74) is 6.29. The molecule has 0 saturated heterocycles. The van der Waals surface area contributed by atoms with Crippen molar-refractivity contribution in [1.29, 1.82) is 0 Å². The summed E-state index contributed by atoms with van der Waals surface area (Å²) in [6.45, 7) is 4.27. The molecule has 0 radical (unpaired) electrons. The fraction of sp³-hybridized carbons (Fsp3) is 0.333. The molecule has 4 nitrogen and oxygen atoms in total. The molecule has 102 valence electrons.